The molecular weight excluding hydrogens is 396 g/mol. The molecule has 11 heteroatoms. The van der Waals surface area contributed by atoms with Crippen molar-refractivity contribution in [2.75, 3.05) is 6.54 Å². The number of pyridine rings is 1. The van der Waals surface area contributed by atoms with Gasteiger partial charge in [-0.15, -0.1) is 10.2 Å². The summed E-state index contributed by atoms with van der Waals surface area (Å²) in [6.45, 7) is 2.87. The second kappa shape index (κ2) is 6.44. The van der Waals surface area contributed by atoms with E-state index in [0.717, 1.165) is 5.69 Å². The molecule has 30 heavy (non-hydrogen) atoms. The number of hydrogen-bond acceptors (Lipinski definition) is 6. The van der Waals surface area contributed by atoms with Crippen molar-refractivity contribution in [3.05, 3.63) is 65.4 Å². The molecule has 1 aliphatic heterocycles. The Labute approximate surface area is 168 Å². The van der Waals surface area contributed by atoms with Crippen LogP contribution < -0.4 is 0 Å². The maximum absolute atomic E-state index is 14.1. The number of hydrogen-bond donors (Lipinski definition) is 1. The summed E-state index contributed by atoms with van der Waals surface area (Å²) in [5, 5.41) is 11.8. The van der Waals surface area contributed by atoms with Gasteiger partial charge in [-0.05, 0) is 32.0 Å². The molecule has 0 radical (unpaired) electrons. The van der Waals surface area contributed by atoms with E-state index in [9.17, 15) is 13.6 Å². The van der Waals surface area contributed by atoms with Crippen LogP contribution in [0.5, 0.6) is 0 Å². The summed E-state index contributed by atoms with van der Waals surface area (Å²) in [6, 6.07) is 4.05. The Morgan fingerprint density at radius 2 is 2.17 bits per heavy atom. The predicted octanol–water partition coefficient (Wildman–Crippen LogP) is 2.57. The molecule has 0 fully saturated rings. The molecule has 0 aliphatic carbocycles. The molecule has 0 bridgehead atoms. The van der Waals surface area contributed by atoms with Gasteiger partial charge in [0, 0.05) is 18.7 Å². The summed E-state index contributed by atoms with van der Waals surface area (Å²) in [6.07, 6.45) is 3.35. The van der Waals surface area contributed by atoms with Gasteiger partial charge < -0.3 is 14.3 Å². The maximum Gasteiger partial charge on any atom is 0.312 e. The van der Waals surface area contributed by atoms with Crippen LogP contribution in [-0.4, -0.2) is 47.1 Å². The Hall–Kier alpha value is -3.63. The van der Waals surface area contributed by atoms with Gasteiger partial charge in [-0.3, -0.25) is 4.79 Å². The lowest BCUT2D eigenvalue weighted by atomic mass is 9.99. The molecule has 1 aliphatic rings. The van der Waals surface area contributed by atoms with Crippen molar-refractivity contribution in [2.45, 2.75) is 32.0 Å². The number of fused-ring (bicyclic) bond motifs is 2. The van der Waals surface area contributed by atoms with E-state index in [1.807, 2.05) is 0 Å². The molecule has 0 aromatic carbocycles. The highest BCUT2D eigenvalue weighted by atomic mass is 19.1. The van der Waals surface area contributed by atoms with E-state index >= 15 is 0 Å². The van der Waals surface area contributed by atoms with Crippen LogP contribution >= 0.6 is 0 Å². The van der Waals surface area contributed by atoms with Gasteiger partial charge in [0.1, 0.15) is 11.9 Å². The third-order valence-electron chi connectivity index (χ3n) is 5.02. The standard InChI is InChI=1S/C19H17F2N7O2/c1-19(2,21)18-25-24-16(30-18)17(29)27-6-5-12-14(23-9-22-12)15(27)13-7-11-4-3-10(20)8-28(11)26-13/h3-4,7-9,15H,5-6H2,1-2H3,(H,22,23)/t15-/m0/s1. The molecule has 5 heterocycles. The van der Waals surface area contributed by atoms with Gasteiger partial charge in [-0.25, -0.2) is 18.3 Å². The quantitative estimate of drug-likeness (QED) is 0.554. The van der Waals surface area contributed by atoms with E-state index < -0.39 is 23.4 Å². The molecule has 1 atom stereocenters. The van der Waals surface area contributed by atoms with E-state index in [2.05, 4.69) is 25.3 Å². The summed E-state index contributed by atoms with van der Waals surface area (Å²) in [5.41, 5.74) is 0.814. The van der Waals surface area contributed by atoms with Gasteiger partial charge in [-0.1, -0.05) is 0 Å². The fourth-order valence-corrected chi connectivity index (χ4v) is 3.58. The minimum atomic E-state index is -1.87. The number of H-pyrrole nitrogens is 1. The van der Waals surface area contributed by atoms with Gasteiger partial charge in [0.05, 0.1) is 29.4 Å². The van der Waals surface area contributed by atoms with Crippen molar-refractivity contribution in [3.63, 3.8) is 0 Å². The van der Waals surface area contributed by atoms with Gasteiger partial charge >= 0.3 is 11.8 Å². The number of nitrogens with one attached hydrogen (secondary N) is 1. The fourth-order valence-electron chi connectivity index (χ4n) is 3.58. The van der Waals surface area contributed by atoms with E-state index in [4.69, 9.17) is 4.42 Å². The Morgan fingerprint density at radius 3 is 2.93 bits per heavy atom. The third-order valence-corrected chi connectivity index (χ3v) is 5.02. The minimum Gasteiger partial charge on any atom is -0.413 e. The average Bonchev–Trinajstić information content (AvgIpc) is 3.43. The van der Waals surface area contributed by atoms with E-state index in [1.54, 1.807) is 18.5 Å². The lowest BCUT2D eigenvalue weighted by Gasteiger charge is -2.32. The Kier molecular flexibility index (Phi) is 3.95. The van der Waals surface area contributed by atoms with Crippen LogP contribution in [0, 0.1) is 5.82 Å². The van der Waals surface area contributed by atoms with Gasteiger partial charge in [0.15, 0.2) is 5.67 Å². The number of alkyl halides is 1. The van der Waals surface area contributed by atoms with E-state index in [0.29, 0.717) is 29.9 Å². The second-order valence-electron chi connectivity index (χ2n) is 7.59. The fraction of sp³-hybridized carbons (Fsp3) is 0.316. The first-order valence-corrected chi connectivity index (χ1v) is 9.32. The first kappa shape index (κ1) is 18.4. The Bertz CT molecular complexity index is 1250. The lowest BCUT2D eigenvalue weighted by Crippen LogP contribution is -2.41. The zero-order chi connectivity index (χ0) is 21.0. The smallest absolute Gasteiger partial charge is 0.312 e. The summed E-state index contributed by atoms with van der Waals surface area (Å²) < 4.78 is 34.4. The molecule has 5 rings (SSSR count). The van der Waals surface area contributed by atoms with Crippen molar-refractivity contribution >= 4 is 11.4 Å². The van der Waals surface area contributed by atoms with Crippen LogP contribution in [0.2, 0.25) is 0 Å². The number of halogens is 2. The highest BCUT2D eigenvalue weighted by Gasteiger charge is 2.39. The molecule has 0 unspecified atom stereocenters. The number of nitrogens with zero attached hydrogens (tertiary/aromatic N) is 6. The number of amides is 1. The monoisotopic (exact) mass is 413 g/mol. The van der Waals surface area contributed by atoms with Crippen molar-refractivity contribution < 1.29 is 18.0 Å². The normalized spacial score (nSPS) is 16.8. The first-order chi connectivity index (χ1) is 14.3. The van der Waals surface area contributed by atoms with Crippen LogP contribution in [0.1, 0.15) is 53.5 Å². The molecule has 4 aromatic rings. The number of aromatic nitrogens is 6. The maximum atomic E-state index is 14.1. The van der Waals surface area contributed by atoms with Crippen LogP contribution in [0.4, 0.5) is 8.78 Å². The molecular formula is C19H17F2N7O2. The molecule has 154 valence electrons. The summed E-state index contributed by atoms with van der Waals surface area (Å²) >= 11 is 0. The Balaban J connectivity index is 1.58. The van der Waals surface area contributed by atoms with Crippen molar-refractivity contribution in [3.8, 4) is 0 Å². The topological polar surface area (TPSA) is 105 Å². The molecule has 0 spiro atoms. The summed E-state index contributed by atoms with van der Waals surface area (Å²) in [4.78, 5) is 22.2. The van der Waals surface area contributed by atoms with Crippen molar-refractivity contribution in [1.29, 1.82) is 0 Å². The number of carbonyl (C=O) groups is 1. The van der Waals surface area contributed by atoms with Crippen molar-refractivity contribution in [1.82, 2.24) is 34.7 Å². The van der Waals surface area contributed by atoms with Crippen LogP contribution in [-0.2, 0) is 12.1 Å². The number of imidazole rings is 1. The Morgan fingerprint density at radius 1 is 1.33 bits per heavy atom. The highest BCUT2D eigenvalue weighted by molar-refractivity contribution is 5.90. The number of rotatable bonds is 3. The van der Waals surface area contributed by atoms with Crippen LogP contribution in [0.3, 0.4) is 0 Å². The van der Waals surface area contributed by atoms with Gasteiger partial charge in [0.25, 0.3) is 5.89 Å². The number of carbonyl (C=O) groups excluding carboxylic acids is 1. The minimum absolute atomic E-state index is 0.275. The molecule has 4 aromatic heterocycles. The highest BCUT2D eigenvalue weighted by Crippen LogP contribution is 2.34. The lowest BCUT2D eigenvalue weighted by molar-refractivity contribution is 0.0636. The van der Waals surface area contributed by atoms with Crippen LogP contribution in [0.25, 0.3) is 5.52 Å². The molecule has 1 amide bonds. The summed E-state index contributed by atoms with van der Waals surface area (Å²) in [7, 11) is 0. The molecule has 0 saturated carbocycles. The zero-order valence-electron chi connectivity index (χ0n) is 16.1. The largest absolute Gasteiger partial charge is 0.413 e. The van der Waals surface area contributed by atoms with Crippen molar-refractivity contribution in [2.24, 2.45) is 0 Å². The zero-order valence-corrected chi connectivity index (χ0v) is 16.1. The SMILES string of the molecule is CC(C)(F)c1nnc(C(=O)N2CCc3[nH]cnc3[C@@H]2c2cc3ccc(F)cn3n2)o1. The second-order valence-corrected chi connectivity index (χ2v) is 7.59. The third kappa shape index (κ3) is 2.93. The predicted molar refractivity (Wildman–Crippen MR) is 98.8 cm³/mol. The molecule has 9 nitrogen and oxygen atoms in total. The van der Waals surface area contributed by atoms with Gasteiger partial charge in [-0.2, -0.15) is 5.10 Å². The molecule has 1 N–H and O–H groups in total. The van der Waals surface area contributed by atoms with Gasteiger partial charge in [0.2, 0.25) is 0 Å². The average molecular weight is 413 g/mol. The number of aromatic amines is 1. The first-order valence-electron chi connectivity index (χ1n) is 9.32. The van der Waals surface area contributed by atoms with Crippen LogP contribution in [0.15, 0.2) is 35.1 Å². The summed E-state index contributed by atoms with van der Waals surface area (Å²) in [5.74, 6) is -1.57. The van der Waals surface area contributed by atoms with E-state index in [-0.39, 0.29) is 11.8 Å². The van der Waals surface area contributed by atoms with E-state index in [1.165, 1.54) is 35.5 Å². The molecule has 0 saturated heterocycles.